The second-order valence-corrected chi connectivity index (χ2v) is 2.06. The van der Waals surface area contributed by atoms with Gasteiger partial charge in [-0.3, -0.25) is 0 Å². The van der Waals surface area contributed by atoms with Crippen molar-refractivity contribution in [1.82, 2.24) is 0 Å². The Kier molecular flexibility index (Phi) is 41.6. The zero-order valence-electron chi connectivity index (χ0n) is 4.86. The van der Waals surface area contributed by atoms with Crippen molar-refractivity contribution in [3.8, 4) is 0 Å². The molecule has 0 amide bonds. The molecule has 6 nitrogen and oxygen atoms in total. The summed E-state index contributed by atoms with van der Waals surface area (Å²) in [7, 11) is 0. The Bertz CT molecular complexity index is 73.7. The Morgan fingerprint density at radius 2 is 0.800 bits per heavy atom. The van der Waals surface area contributed by atoms with Crippen LogP contribution in [0.1, 0.15) is 0 Å². The van der Waals surface area contributed by atoms with Crippen molar-refractivity contribution in [2.75, 3.05) is 0 Å². The van der Waals surface area contributed by atoms with Crippen molar-refractivity contribution >= 4 is 48.9 Å². The normalized spacial score (nSPS) is 5.20. The fraction of sp³-hybridized carbons (Fsp3) is 0. The topological polar surface area (TPSA) is 126 Å². The summed E-state index contributed by atoms with van der Waals surface area (Å²) in [4.78, 5) is 0. The predicted octanol–water partition coefficient (Wildman–Crippen LogP) is -5.38. The van der Waals surface area contributed by atoms with E-state index in [2.05, 4.69) is 0 Å². The van der Waals surface area contributed by atoms with Gasteiger partial charge in [0.2, 0.25) is 0 Å². The summed E-state index contributed by atoms with van der Waals surface area (Å²) < 4.78 is 51.5. The van der Waals surface area contributed by atoms with Crippen LogP contribution < -0.4 is 14.8 Å². The van der Waals surface area contributed by atoms with Crippen LogP contribution in [0.5, 0.6) is 0 Å². The van der Waals surface area contributed by atoms with Gasteiger partial charge in [0.1, 0.15) is 0 Å². The standard InChI is InChI=1S/Ba.6O.2Ti.Zn/q+2;;;4*-1;;;+2. The fourth-order valence-corrected chi connectivity index (χ4v) is 0. The number of hydrogen-bond acceptors (Lipinski definition) is 6. The minimum atomic E-state index is -4.08. The van der Waals surface area contributed by atoms with Crippen molar-refractivity contribution in [3.05, 3.63) is 0 Å². The maximum Gasteiger partial charge on any atom is 2.00 e. The summed E-state index contributed by atoms with van der Waals surface area (Å²) in [6, 6.07) is 0. The van der Waals surface area contributed by atoms with E-state index in [0.29, 0.717) is 0 Å². The monoisotopic (exact) mass is 394 g/mol. The molecule has 0 aromatic rings. The van der Waals surface area contributed by atoms with Crippen LogP contribution in [-0.4, -0.2) is 48.9 Å². The van der Waals surface area contributed by atoms with E-state index < -0.39 is 37.2 Å². The van der Waals surface area contributed by atoms with Crippen LogP contribution >= 0.6 is 0 Å². The van der Waals surface area contributed by atoms with E-state index >= 15 is 0 Å². The van der Waals surface area contributed by atoms with Gasteiger partial charge in [-0.15, -0.1) is 0 Å². The Hall–Kier alpha value is 3.06. The van der Waals surface area contributed by atoms with Crippen LogP contribution in [0.4, 0.5) is 0 Å². The molecule has 10 heteroatoms. The van der Waals surface area contributed by atoms with E-state index in [0.717, 1.165) is 0 Å². The average Bonchev–Trinajstić information content (AvgIpc) is 1.25. The summed E-state index contributed by atoms with van der Waals surface area (Å²) in [6.07, 6.45) is 0. The molecule has 0 saturated carbocycles. The van der Waals surface area contributed by atoms with Gasteiger partial charge < -0.3 is 0 Å². The van der Waals surface area contributed by atoms with Crippen molar-refractivity contribution in [2.45, 2.75) is 0 Å². The van der Waals surface area contributed by atoms with Crippen LogP contribution in [0.3, 0.4) is 0 Å². The molecule has 0 aliphatic heterocycles. The van der Waals surface area contributed by atoms with Gasteiger partial charge in [0.05, 0.1) is 0 Å². The van der Waals surface area contributed by atoms with Crippen molar-refractivity contribution in [1.29, 1.82) is 0 Å². The first-order chi connectivity index (χ1) is 3.46. The zero-order valence-corrected chi connectivity index (χ0v) is 15.4. The van der Waals surface area contributed by atoms with Crippen LogP contribution in [0.25, 0.3) is 0 Å². The molecule has 0 aromatic heterocycles. The van der Waals surface area contributed by atoms with Crippen LogP contribution in [0.2, 0.25) is 0 Å². The van der Waals surface area contributed by atoms with Crippen molar-refractivity contribution in [3.63, 3.8) is 0 Å². The minimum Gasteiger partial charge on any atom is 2.00 e. The second kappa shape index (κ2) is 18.0. The first-order valence-corrected chi connectivity index (χ1v) is 5.05. The minimum absolute atomic E-state index is 0. The molecule has 0 rings (SSSR count). The van der Waals surface area contributed by atoms with Crippen molar-refractivity contribution in [2.24, 2.45) is 0 Å². The molecular formula is BaO6Ti2Zn. The molecule has 0 aliphatic rings. The van der Waals surface area contributed by atoms with E-state index in [1.165, 1.54) is 0 Å². The number of rotatable bonds is 0. The largest absolute Gasteiger partial charge is 2.00 e. The Morgan fingerprint density at radius 1 is 0.800 bits per heavy atom. The second-order valence-electron chi connectivity index (χ2n) is 0.500. The summed E-state index contributed by atoms with van der Waals surface area (Å²) >= 11 is -8.17. The van der Waals surface area contributed by atoms with E-state index in [-0.39, 0.29) is 68.4 Å². The molecule has 48 valence electrons. The Morgan fingerprint density at radius 3 is 0.800 bits per heavy atom. The SMILES string of the molecule is [Ba+2].[O]=[Ti]([O-])[O-].[O]=[Ti]([O-])[O-].[Zn+2]. The van der Waals surface area contributed by atoms with Gasteiger partial charge in [-0.1, -0.05) is 0 Å². The maximum atomic E-state index is 8.58. The van der Waals surface area contributed by atoms with Gasteiger partial charge in [-0.25, -0.2) is 0 Å². The molecule has 0 N–H and O–H groups in total. The molecule has 0 aliphatic carbocycles. The van der Waals surface area contributed by atoms with Gasteiger partial charge >= 0.3 is 127 Å². The molecule has 0 spiro atoms. The van der Waals surface area contributed by atoms with E-state index in [9.17, 15) is 0 Å². The van der Waals surface area contributed by atoms with Crippen LogP contribution in [-0.2, 0) is 63.4 Å². The van der Waals surface area contributed by atoms with Crippen LogP contribution in [0, 0.1) is 0 Å². The molecule has 10 heavy (non-hydrogen) atoms. The third-order valence-electron chi connectivity index (χ3n) is 0. The Balaban J connectivity index is -0.0000000300. The van der Waals surface area contributed by atoms with Crippen molar-refractivity contribution < 1.29 is 78.1 Å². The molecule has 0 radical (unpaired) electrons. The zero-order chi connectivity index (χ0) is 7.15. The van der Waals surface area contributed by atoms with Gasteiger partial charge in [0, 0.05) is 0 Å². The molecule has 0 atom stereocenters. The molecule has 0 fully saturated rings. The summed E-state index contributed by atoms with van der Waals surface area (Å²) in [5, 5.41) is 0. The number of hydrogen-bond donors (Lipinski definition) is 0. The van der Waals surface area contributed by atoms with Gasteiger partial charge in [-0.2, -0.15) is 0 Å². The Labute approximate surface area is 124 Å². The van der Waals surface area contributed by atoms with E-state index in [1.807, 2.05) is 0 Å². The molecular weight excluding hydrogens is 394 g/mol. The summed E-state index contributed by atoms with van der Waals surface area (Å²) in [5.41, 5.74) is 0. The van der Waals surface area contributed by atoms with E-state index in [1.54, 1.807) is 0 Å². The smallest absolute Gasteiger partial charge is 2.00 e. The van der Waals surface area contributed by atoms with E-state index in [4.69, 9.17) is 21.4 Å². The fourth-order valence-electron chi connectivity index (χ4n) is 0. The third-order valence-corrected chi connectivity index (χ3v) is 0. The van der Waals surface area contributed by atoms with Crippen LogP contribution in [0.15, 0.2) is 0 Å². The maximum absolute atomic E-state index is 8.58. The molecule has 0 saturated heterocycles. The molecule has 0 aromatic carbocycles. The quantitative estimate of drug-likeness (QED) is 0.378. The molecule has 0 unspecified atom stereocenters. The first-order valence-electron chi connectivity index (χ1n) is 1.22. The molecule has 0 bridgehead atoms. The van der Waals surface area contributed by atoms with Gasteiger partial charge in [0.15, 0.2) is 0 Å². The average molecular weight is 394 g/mol. The predicted molar refractivity (Wildman–Crippen MR) is 7.13 cm³/mol. The van der Waals surface area contributed by atoms with Gasteiger partial charge in [-0.05, 0) is 0 Å². The molecule has 0 heterocycles. The van der Waals surface area contributed by atoms with Gasteiger partial charge in [0.25, 0.3) is 0 Å². The summed E-state index contributed by atoms with van der Waals surface area (Å²) in [6.45, 7) is 0. The first kappa shape index (κ1) is 23.1. The third kappa shape index (κ3) is 119. The summed E-state index contributed by atoms with van der Waals surface area (Å²) in [5.74, 6) is 0.